The van der Waals surface area contributed by atoms with E-state index >= 15 is 0 Å². The van der Waals surface area contributed by atoms with Gasteiger partial charge in [0.1, 0.15) is 0 Å². The fraction of sp³-hybridized carbons (Fsp3) is 0.385. The van der Waals surface area contributed by atoms with Gasteiger partial charge in [-0.2, -0.15) is 0 Å². The molecule has 0 spiro atoms. The van der Waals surface area contributed by atoms with E-state index in [9.17, 15) is 9.59 Å². The van der Waals surface area contributed by atoms with E-state index in [1.54, 1.807) is 18.2 Å². The third-order valence-electron chi connectivity index (χ3n) is 3.10. The lowest BCUT2D eigenvalue weighted by Crippen LogP contribution is -2.43. The average molecular weight is 374 g/mol. The molecule has 3 N–H and O–H groups in total. The van der Waals surface area contributed by atoms with Crippen LogP contribution in [-0.2, 0) is 4.79 Å². The van der Waals surface area contributed by atoms with Gasteiger partial charge < -0.3 is 15.7 Å². The van der Waals surface area contributed by atoms with Gasteiger partial charge in [0.05, 0.1) is 17.3 Å². The fourth-order valence-electron chi connectivity index (χ4n) is 2.10. The second-order valence-corrected chi connectivity index (χ2v) is 5.73. The minimum absolute atomic E-state index is 0.121. The maximum absolute atomic E-state index is 12.1. The third kappa shape index (κ3) is 3.66. The molecule has 1 fully saturated rings. The highest BCUT2D eigenvalue weighted by Crippen LogP contribution is 2.20. The first kappa shape index (κ1) is 14.3. The van der Waals surface area contributed by atoms with Crippen molar-refractivity contribution in [3.63, 3.8) is 0 Å². The minimum atomic E-state index is -1.04. The van der Waals surface area contributed by atoms with Crippen LogP contribution < -0.4 is 10.6 Å². The predicted octanol–water partition coefficient (Wildman–Crippen LogP) is 2.07. The Labute approximate surface area is 124 Å². The summed E-state index contributed by atoms with van der Waals surface area (Å²) in [6.45, 7) is 0.830. The van der Waals surface area contributed by atoms with Crippen LogP contribution in [-0.4, -0.2) is 29.6 Å². The molecule has 2 rings (SSSR count). The van der Waals surface area contributed by atoms with Crippen molar-refractivity contribution < 1.29 is 14.7 Å². The molecule has 0 aliphatic carbocycles. The second kappa shape index (κ2) is 6.33. The monoisotopic (exact) mass is 374 g/mol. The largest absolute Gasteiger partial charge is 0.478 e. The lowest BCUT2D eigenvalue weighted by Gasteiger charge is -2.22. The van der Waals surface area contributed by atoms with Gasteiger partial charge in [0, 0.05) is 3.57 Å². The number of nitrogens with one attached hydrogen (secondary N) is 2. The van der Waals surface area contributed by atoms with Crippen LogP contribution in [0.4, 0.5) is 5.69 Å². The Hall–Kier alpha value is -1.15. The van der Waals surface area contributed by atoms with E-state index in [-0.39, 0.29) is 17.5 Å². The molecule has 1 saturated heterocycles. The van der Waals surface area contributed by atoms with Crippen molar-refractivity contribution >= 4 is 40.2 Å². The number of piperidine rings is 1. The van der Waals surface area contributed by atoms with Crippen LogP contribution in [0.3, 0.4) is 0 Å². The average Bonchev–Trinajstić information content (AvgIpc) is 2.41. The number of anilines is 1. The van der Waals surface area contributed by atoms with E-state index in [0.29, 0.717) is 5.69 Å². The van der Waals surface area contributed by atoms with Crippen LogP contribution in [0.5, 0.6) is 0 Å². The van der Waals surface area contributed by atoms with E-state index in [0.717, 1.165) is 29.4 Å². The summed E-state index contributed by atoms with van der Waals surface area (Å²) in [5.41, 5.74) is 0.473. The Balaban J connectivity index is 2.13. The molecule has 1 aliphatic heterocycles. The number of hydrogen-bond donors (Lipinski definition) is 3. The molecule has 6 heteroatoms. The van der Waals surface area contributed by atoms with Gasteiger partial charge in [-0.25, -0.2) is 4.79 Å². The van der Waals surface area contributed by atoms with Gasteiger partial charge in [-0.05, 0) is 60.2 Å². The summed E-state index contributed by atoms with van der Waals surface area (Å²) < 4.78 is 0.823. The van der Waals surface area contributed by atoms with Gasteiger partial charge >= 0.3 is 5.97 Å². The van der Waals surface area contributed by atoms with Crippen LogP contribution in [0.15, 0.2) is 18.2 Å². The first-order chi connectivity index (χ1) is 9.08. The van der Waals surface area contributed by atoms with E-state index in [1.807, 2.05) is 22.6 Å². The van der Waals surface area contributed by atoms with Crippen LogP contribution in [0.25, 0.3) is 0 Å². The molecule has 1 aromatic rings. The van der Waals surface area contributed by atoms with Crippen LogP contribution in [0.2, 0.25) is 0 Å². The second-order valence-electron chi connectivity index (χ2n) is 4.49. The maximum Gasteiger partial charge on any atom is 0.337 e. The highest BCUT2D eigenvalue weighted by Gasteiger charge is 2.22. The van der Waals surface area contributed by atoms with Crippen molar-refractivity contribution in [3.05, 3.63) is 27.3 Å². The number of benzene rings is 1. The predicted molar refractivity (Wildman–Crippen MR) is 80.4 cm³/mol. The van der Waals surface area contributed by atoms with Gasteiger partial charge in [0.2, 0.25) is 5.91 Å². The molecule has 0 bridgehead atoms. The number of carboxylic acids is 1. The number of carbonyl (C=O) groups excluding carboxylic acids is 1. The van der Waals surface area contributed by atoms with Crippen molar-refractivity contribution in [2.75, 3.05) is 11.9 Å². The molecule has 19 heavy (non-hydrogen) atoms. The van der Waals surface area contributed by atoms with Gasteiger partial charge in [0.25, 0.3) is 0 Å². The Morgan fingerprint density at radius 1 is 1.37 bits per heavy atom. The Bertz CT molecular complexity index is 499. The normalized spacial score (nSPS) is 18.9. The lowest BCUT2D eigenvalue weighted by atomic mass is 10.0. The fourth-order valence-corrected chi connectivity index (χ4v) is 2.59. The summed E-state index contributed by atoms with van der Waals surface area (Å²) in [4.78, 5) is 23.2. The zero-order valence-electron chi connectivity index (χ0n) is 10.3. The number of amides is 1. The number of carboxylic acid groups (broad SMARTS) is 1. The molecule has 0 radical (unpaired) electrons. The summed E-state index contributed by atoms with van der Waals surface area (Å²) in [5.74, 6) is -1.20. The number of hydrogen-bond acceptors (Lipinski definition) is 3. The lowest BCUT2D eigenvalue weighted by molar-refractivity contribution is -0.118. The van der Waals surface area contributed by atoms with Crippen molar-refractivity contribution in [1.29, 1.82) is 0 Å². The summed E-state index contributed by atoms with van der Waals surface area (Å²) in [5, 5.41) is 15.0. The number of halogens is 1. The van der Waals surface area contributed by atoms with Gasteiger partial charge in [-0.15, -0.1) is 0 Å². The topological polar surface area (TPSA) is 78.4 Å². The summed E-state index contributed by atoms with van der Waals surface area (Å²) in [6.07, 6.45) is 2.88. The third-order valence-corrected chi connectivity index (χ3v) is 3.77. The standard InChI is InChI=1S/C13H15IN2O3/c14-8-4-5-10(9(7-8)13(18)19)16-12(17)11-3-1-2-6-15-11/h4-5,7,11,15H,1-3,6H2,(H,16,17)(H,18,19)/t11-/m0/s1. The quantitative estimate of drug-likeness (QED) is 0.708. The molecule has 1 aromatic carbocycles. The summed E-state index contributed by atoms with van der Waals surface area (Å²) in [7, 11) is 0. The molecule has 0 aromatic heterocycles. The summed E-state index contributed by atoms with van der Waals surface area (Å²) >= 11 is 2.04. The molecule has 5 nitrogen and oxygen atoms in total. The molecule has 1 aliphatic rings. The van der Waals surface area contributed by atoms with Crippen molar-refractivity contribution in [2.45, 2.75) is 25.3 Å². The Morgan fingerprint density at radius 2 is 2.16 bits per heavy atom. The Morgan fingerprint density at radius 3 is 2.79 bits per heavy atom. The maximum atomic E-state index is 12.1. The highest BCUT2D eigenvalue weighted by molar-refractivity contribution is 14.1. The number of aromatic carboxylic acids is 1. The zero-order valence-corrected chi connectivity index (χ0v) is 12.4. The molecule has 0 unspecified atom stereocenters. The number of rotatable bonds is 3. The molecular weight excluding hydrogens is 359 g/mol. The van der Waals surface area contributed by atoms with Crippen LogP contribution in [0, 0.1) is 3.57 Å². The van der Waals surface area contributed by atoms with Crippen molar-refractivity contribution in [1.82, 2.24) is 5.32 Å². The first-order valence-electron chi connectivity index (χ1n) is 6.15. The molecule has 1 amide bonds. The van der Waals surface area contributed by atoms with Crippen LogP contribution >= 0.6 is 22.6 Å². The molecule has 102 valence electrons. The van der Waals surface area contributed by atoms with Crippen molar-refractivity contribution in [2.24, 2.45) is 0 Å². The van der Waals surface area contributed by atoms with E-state index in [4.69, 9.17) is 5.11 Å². The van der Waals surface area contributed by atoms with E-state index in [1.165, 1.54) is 0 Å². The SMILES string of the molecule is O=C(O)c1cc(I)ccc1NC(=O)[C@@H]1CCCCN1. The molecule has 0 saturated carbocycles. The molecule has 1 atom stereocenters. The van der Waals surface area contributed by atoms with Gasteiger partial charge in [-0.3, -0.25) is 4.79 Å². The van der Waals surface area contributed by atoms with E-state index < -0.39 is 5.97 Å². The molecule has 1 heterocycles. The Kier molecular flexibility index (Phi) is 4.76. The zero-order chi connectivity index (χ0) is 13.8. The molecular formula is C13H15IN2O3. The highest BCUT2D eigenvalue weighted by atomic mass is 127. The van der Waals surface area contributed by atoms with Crippen molar-refractivity contribution in [3.8, 4) is 0 Å². The van der Waals surface area contributed by atoms with E-state index in [2.05, 4.69) is 10.6 Å². The van der Waals surface area contributed by atoms with Gasteiger partial charge in [-0.1, -0.05) is 6.42 Å². The summed E-state index contributed by atoms with van der Waals surface area (Å²) in [6, 6.07) is 4.73. The minimum Gasteiger partial charge on any atom is -0.478 e. The smallest absolute Gasteiger partial charge is 0.337 e. The van der Waals surface area contributed by atoms with Gasteiger partial charge in [0.15, 0.2) is 0 Å². The number of carbonyl (C=O) groups is 2. The first-order valence-corrected chi connectivity index (χ1v) is 7.23. The van der Waals surface area contributed by atoms with Crippen LogP contribution in [0.1, 0.15) is 29.6 Å².